The number of aliphatic hydroxyl groups is 1. The number of hydrogen-bond donors (Lipinski definition) is 4. The number of carboxylic acid groups (broad SMARTS) is 1. The normalized spacial score (nSPS) is 33.4. The van der Waals surface area contributed by atoms with Crippen molar-refractivity contribution >= 4 is 12.1 Å². The molecule has 0 spiro atoms. The maximum absolute atomic E-state index is 12.3. The minimum atomic E-state index is -1.44. The number of β-lactam (4-membered cyclic amide) rings is 1. The third kappa shape index (κ3) is 3.17. The summed E-state index contributed by atoms with van der Waals surface area (Å²) in [6.07, 6.45) is 1.29. The highest BCUT2D eigenvalue weighted by Gasteiger charge is 2.56. The van der Waals surface area contributed by atoms with Crippen LogP contribution in [0.3, 0.4) is 0 Å². The number of rotatable bonds is 5. The molecule has 0 radical (unpaired) electrons. The van der Waals surface area contributed by atoms with Gasteiger partial charge < -0.3 is 25.6 Å². The second kappa shape index (κ2) is 6.78. The first-order valence-corrected chi connectivity index (χ1v) is 8.58. The Morgan fingerprint density at radius 2 is 2.24 bits per heavy atom. The summed E-state index contributed by atoms with van der Waals surface area (Å²) in [5.74, 6) is -0.694. The summed E-state index contributed by atoms with van der Waals surface area (Å²) >= 11 is 0. The molecule has 0 aromatic heterocycles. The summed E-state index contributed by atoms with van der Waals surface area (Å²) in [5, 5.41) is 25.5. The van der Waals surface area contributed by atoms with E-state index in [9.17, 15) is 14.7 Å². The molecule has 3 aliphatic heterocycles. The molecule has 138 valence electrons. The van der Waals surface area contributed by atoms with E-state index >= 15 is 0 Å². The van der Waals surface area contributed by atoms with Crippen LogP contribution in [-0.2, 0) is 9.53 Å². The van der Waals surface area contributed by atoms with Gasteiger partial charge in [-0.1, -0.05) is 6.08 Å². The predicted octanol–water partition coefficient (Wildman–Crippen LogP) is 0.400. The zero-order chi connectivity index (χ0) is 18.3. The molecule has 5 atom stereocenters. The summed E-state index contributed by atoms with van der Waals surface area (Å²) in [4.78, 5) is 24.7. The fourth-order valence-electron chi connectivity index (χ4n) is 4.04. The number of carbonyl (C=O) groups excluding carboxylic acids is 1. The zero-order valence-corrected chi connectivity index (χ0v) is 14.7. The number of likely N-dealkylation sites (N-methyl/N-ethyl adjacent to an activating group) is 1. The molecule has 0 bridgehead atoms. The Labute approximate surface area is 146 Å². The Kier molecular flexibility index (Phi) is 4.86. The van der Waals surface area contributed by atoms with Crippen LogP contribution in [0.4, 0.5) is 4.79 Å². The standard InChI is InChI=1S/C17H25N3O5/c1-8(4-10-5-11(18-3)7-19-10)12-6-13-14(9(2)21)15(22)20(13)16(12)25-17(23)24/h4,9-11,13-14,18-19,21H,5-7H2,1-3H3,(H,23,24)/t9-,10-,11+,13-,14-/m1/s1. The highest BCUT2D eigenvalue weighted by molar-refractivity contribution is 5.90. The molecule has 0 unspecified atom stereocenters. The average molecular weight is 351 g/mol. The summed E-state index contributed by atoms with van der Waals surface area (Å²) in [6, 6.07) is 0.358. The number of allylic oxidation sites excluding steroid dienone is 1. The number of amides is 1. The average Bonchev–Trinajstić information content (AvgIpc) is 3.08. The van der Waals surface area contributed by atoms with E-state index in [4.69, 9.17) is 9.84 Å². The van der Waals surface area contributed by atoms with Crippen molar-refractivity contribution in [3.63, 3.8) is 0 Å². The number of hydrogen-bond acceptors (Lipinski definition) is 6. The van der Waals surface area contributed by atoms with Gasteiger partial charge in [-0.2, -0.15) is 0 Å². The van der Waals surface area contributed by atoms with Gasteiger partial charge in [0.2, 0.25) is 11.8 Å². The SMILES string of the molecule is CN[C@@H]1CN[C@H](C=C(C)C2=C(OC(=O)O)N3C(=O)[C@H]([C@@H](C)O)[C@H]3C2)C1. The van der Waals surface area contributed by atoms with E-state index in [-0.39, 0.29) is 23.9 Å². The van der Waals surface area contributed by atoms with E-state index in [0.717, 1.165) is 24.1 Å². The van der Waals surface area contributed by atoms with Crippen molar-refractivity contribution in [1.82, 2.24) is 15.5 Å². The number of nitrogens with zero attached hydrogens (tertiary/aromatic N) is 1. The largest absolute Gasteiger partial charge is 0.512 e. The van der Waals surface area contributed by atoms with E-state index in [1.807, 2.05) is 14.0 Å². The lowest BCUT2D eigenvalue weighted by atomic mass is 9.82. The quantitative estimate of drug-likeness (QED) is 0.419. The molecule has 2 saturated heterocycles. The van der Waals surface area contributed by atoms with E-state index in [2.05, 4.69) is 16.7 Å². The molecule has 1 amide bonds. The summed E-state index contributed by atoms with van der Waals surface area (Å²) in [5.41, 5.74) is 1.62. The number of ether oxygens (including phenoxy) is 1. The molecule has 3 aliphatic rings. The molecule has 0 aromatic rings. The van der Waals surface area contributed by atoms with Crippen LogP contribution in [0, 0.1) is 5.92 Å². The van der Waals surface area contributed by atoms with E-state index < -0.39 is 18.2 Å². The third-order valence-electron chi connectivity index (χ3n) is 5.36. The van der Waals surface area contributed by atoms with Gasteiger partial charge in [0.15, 0.2) is 0 Å². The molecular weight excluding hydrogens is 326 g/mol. The summed E-state index contributed by atoms with van der Waals surface area (Å²) < 4.78 is 4.93. The predicted molar refractivity (Wildman–Crippen MR) is 89.6 cm³/mol. The van der Waals surface area contributed by atoms with Crippen LogP contribution in [0.2, 0.25) is 0 Å². The lowest BCUT2D eigenvalue weighted by Gasteiger charge is -2.44. The van der Waals surface area contributed by atoms with Crippen LogP contribution in [0.5, 0.6) is 0 Å². The van der Waals surface area contributed by atoms with Gasteiger partial charge in [-0.15, -0.1) is 0 Å². The Hall–Kier alpha value is -1.90. The van der Waals surface area contributed by atoms with E-state index in [1.54, 1.807) is 6.92 Å². The molecule has 3 heterocycles. The van der Waals surface area contributed by atoms with Crippen LogP contribution < -0.4 is 10.6 Å². The zero-order valence-electron chi connectivity index (χ0n) is 14.7. The minimum absolute atomic E-state index is 0.0938. The molecule has 2 fully saturated rings. The van der Waals surface area contributed by atoms with Crippen molar-refractivity contribution in [2.45, 2.75) is 50.9 Å². The van der Waals surface area contributed by atoms with Crippen molar-refractivity contribution < 1.29 is 24.5 Å². The second-order valence-electron chi connectivity index (χ2n) is 6.98. The fourth-order valence-corrected chi connectivity index (χ4v) is 4.04. The summed E-state index contributed by atoms with van der Waals surface area (Å²) in [7, 11) is 1.93. The van der Waals surface area contributed by atoms with Gasteiger partial charge in [-0.3, -0.25) is 9.69 Å². The number of aliphatic hydroxyl groups excluding tert-OH is 1. The molecule has 0 aliphatic carbocycles. The van der Waals surface area contributed by atoms with Crippen molar-refractivity contribution in [2.75, 3.05) is 13.6 Å². The Morgan fingerprint density at radius 1 is 1.52 bits per heavy atom. The Morgan fingerprint density at radius 3 is 2.80 bits per heavy atom. The van der Waals surface area contributed by atoms with Gasteiger partial charge in [0.1, 0.15) is 0 Å². The van der Waals surface area contributed by atoms with Crippen LogP contribution in [0.15, 0.2) is 23.1 Å². The number of carbonyl (C=O) groups is 2. The number of nitrogens with one attached hydrogen (secondary N) is 2. The molecule has 0 saturated carbocycles. The van der Waals surface area contributed by atoms with Gasteiger partial charge in [-0.25, -0.2) is 4.79 Å². The van der Waals surface area contributed by atoms with Crippen LogP contribution in [0.25, 0.3) is 0 Å². The highest BCUT2D eigenvalue weighted by Crippen LogP contribution is 2.46. The topological polar surface area (TPSA) is 111 Å². The van der Waals surface area contributed by atoms with Gasteiger partial charge in [0, 0.05) is 24.2 Å². The van der Waals surface area contributed by atoms with Crippen molar-refractivity contribution in [2.24, 2.45) is 5.92 Å². The lowest BCUT2D eigenvalue weighted by Crippen LogP contribution is -2.61. The minimum Gasteiger partial charge on any atom is -0.449 e. The first kappa shape index (κ1) is 17.9. The van der Waals surface area contributed by atoms with E-state index in [1.165, 1.54) is 4.90 Å². The first-order chi connectivity index (χ1) is 11.8. The van der Waals surface area contributed by atoms with Crippen LogP contribution in [0.1, 0.15) is 26.7 Å². The smallest absolute Gasteiger partial charge is 0.449 e. The highest BCUT2D eigenvalue weighted by atomic mass is 16.7. The van der Waals surface area contributed by atoms with Crippen molar-refractivity contribution in [3.05, 3.63) is 23.1 Å². The van der Waals surface area contributed by atoms with Crippen molar-refractivity contribution in [3.8, 4) is 0 Å². The van der Waals surface area contributed by atoms with Crippen molar-refractivity contribution in [1.29, 1.82) is 0 Å². The first-order valence-electron chi connectivity index (χ1n) is 8.58. The van der Waals surface area contributed by atoms with Gasteiger partial charge in [0.05, 0.1) is 18.1 Å². The molecule has 0 aromatic carbocycles. The summed E-state index contributed by atoms with van der Waals surface area (Å²) in [6.45, 7) is 4.36. The molecule has 3 rings (SSSR count). The molecule has 8 heteroatoms. The van der Waals surface area contributed by atoms with Gasteiger partial charge in [-0.05, 0) is 39.3 Å². The maximum atomic E-state index is 12.3. The molecule has 25 heavy (non-hydrogen) atoms. The fraction of sp³-hybridized carbons (Fsp3) is 0.647. The number of fused-ring (bicyclic) bond motifs is 1. The monoisotopic (exact) mass is 351 g/mol. The van der Waals surface area contributed by atoms with Crippen LogP contribution in [-0.4, -0.2) is 65.0 Å². The molecule has 8 nitrogen and oxygen atoms in total. The Bertz CT molecular complexity index is 642. The maximum Gasteiger partial charge on any atom is 0.512 e. The molecule has 4 N–H and O–H groups in total. The third-order valence-corrected chi connectivity index (χ3v) is 5.36. The lowest BCUT2D eigenvalue weighted by molar-refractivity contribution is -0.160. The molecular formula is C17H25N3O5. The van der Waals surface area contributed by atoms with Gasteiger partial charge in [0.25, 0.3) is 0 Å². The Balaban J connectivity index is 1.84. The van der Waals surface area contributed by atoms with Gasteiger partial charge >= 0.3 is 6.16 Å². The van der Waals surface area contributed by atoms with Crippen LogP contribution >= 0.6 is 0 Å². The second-order valence-corrected chi connectivity index (χ2v) is 6.98. The van der Waals surface area contributed by atoms with E-state index in [0.29, 0.717) is 12.5 Å².